The van der Waals surface area contributed by atoms with E-state index in [0.29, 0.717) is 0 Å². The molecule has 0 bridgehead atoms. The van der Waals surface area contributed by atoms with E-state index in [1.807, 2.05) is 18.2 Å². The monoisotopic (exact) mass is 553 g/mol. The van der Waals surface area contributed by atoms with Crippen LogP contribution >= 0.6 is 0 Å². The van der Waals surface area contributed by atoms with Gasteiger partial charge in [0, 0.05) is 0 Å². The van der Waals surface area contributed by atoms with Gasteiger partial charge < -0.3 is 9.47 Å². The first kappa shape index (κ1) is 24.4. The second-order valence-electron chi connectivity index (χ2n) is 11.9. The van der Waals surface area contributed by atoms with Crippen LogP contribution in [0, 0.1) is 20.8 Å². The van der Waals surface area contributed by atoms with E-state index >= 15 is 0 Å². The molecule has 0 spiro atoms. The van der Waals surface area contributed by atoms with Crippen LogP contribution in [0.1, 0.15) is 16.7 Å². The topological polar surface area (TPSA) is 21.7 Å². The van der Waals surface area contributed by atoms with E-state index in [2.05, 4.69) is 123 Å². The van der Waals surface area contributed by atoms with Crippen molar-refractivity contribution < 1.29 is 9.47 Å². The number of rotatable bonds is 3. The number of hydrogen-bond acceptors (Lipinski definition) is 3. The fraction of sp³-hybridized carbons (Fsp3) is 0.0769. The third kappa shape index (κ3) is 3.50. The molecule has 43 heavy (non-hydrogen) atoms. The Morgan fingerprint density at radius 3 is 1.44 bits per heavy atom. The van der Waals surface area contributed by atoms with Gasteiger partial charge in [-0.05, 0) is 78.2 Å². The minimum absolute atomic E-state index is 0.00862. The summed E-state index contributed by atoms with van der Waals surface area (Å²) in [6.07, 6.45) is 0. The summed E-state index contributed by atoms with van der Waals surface area (Å²) in [6, 6.07) is 41.2. The molecule has 3 aliphatic heterocycles. The van der Waals surface area contributed by atoms with E-state index in [9.17, 15) is 0 Å². The normalized spacial score (nSPS) is 13.3. The Labute approximate surface area is 252 Å². The molecule has 6 aromatic rings. The number of benzene rings is 6. The molecule has 9 rings (SSSR count). The van der Waals surface area contributed by atoms with E-state index in [1.54, 1.807) is 0 Å². The van der Waals surface area contributed by atoms with Crippen LogP contribution in [0.5, 0.6) is 23.0 Å². The van der Waals surface area contributed by atoms with Crippen molar-refractivity contribution in [3.63, 3.8) is 0 Å². The van der Waals surface area contributed by atoms with Gasteiger partial charge in [0.15, 0.2) is 23.0 Å². The zero-order valence-corrected chi connectivity index (χ0v) is 24.3. The van der Waals surface area contributed by atoms with Gasteiger partial charge in [-0.3, -0.25) is 4.90 Å². The molecule has 4 heteroatoms. The van der Waals surface area contributed by atoms with Crippen LogP contribution in [-0.4, -0.2) is 6.71 Å². The van der Waals surface area contributed by atoms with Crippen molar-refractivity contribution in [3.8, 4) is 45.3 Å². The Balaban J connectivity index is 1.43. The largest absolute Gasteiger partial charge is 0.453 e. The Hall–Kier alpha value is -5.22. The van der Waals surface area contributed by atoms with Crippen molar-refractivity contribution in [2.75, 3.05) is 4.90 Å². The molecule has 0 aromatic heterocycles. The van der Waals surface area contributed by atoms with Crippen LogP contribution in [0.3, 0.4) is 0 Å². The molecule has 0 saturated carbocycles. The van der Waals surface area contributed by atoms with E-state index in [1.165, 1.54) is 44.2 Å². The van der Waals surface area contributed by atoms with Crippen LogP contribution in [0.25, 0.3) is 22.3 Å². The minimum atomic E-state index is -0.00862. The third-order valence-electron chi connectivity index (χ3n) is 9.14. The molecule has 0 aliphatic carbocycles. The quantitative estimate of drug-likeness (QED) is 0.205. The first-order chi connectivity index (χ1) is 21.0. The van der Waals surface area contributed by atoms with Gasteiger partial charge in [0.25, 0.3) is 0 Å². The molecule has 0 unspecified atom stereocenters. The second kappa shape index (κ2) is 8.89. The van der Waals surface area contributed by atoms with Gasteiger partial charge >= 0.3 is 0 Å². The van der Waals surface area contributed by atoms with E-state index < -0.39 is 0 Å². The maximum Gasteiger partial charge on any atom is 0.247 e. The maximum atomic E-state index is 6.75. The molecule has 0 saturated heterocycles. The summed E-state index contributed by atoms with van der Waals surface area (Å²) < 4.78 is 13.5. The van der Waals surface area contributed by atoms with Gasteiger partial charge in [-0.25, -0.2) is 0 Å². The number of aryl methyl sites for hydroxylation is 3. The summed E-state index contributed by atoms with van der Waals surface area (Å²) in [6.45, 7) is 6.68. The van der Waals surface area contributed by atoms with Gasteiger partial charge in [-0.15, -0.1) is 0 Å². The highest BCUT2D eigenvalue weighted by Gasteiger charge is 2.46. The second-order valence-corrected chi connectivity index (χ2v) is 11.9. The van der Waals surface area contributed by atoms with Crippen LogP contribution in [0.4, 0.5) is 17.1 Å². The molecule has 204 valence electrons. The molecular weight excluding hydrogens is 525 g/mol. The fourth-order valence-corrected chi connectivity index (χ4v) is 7.51. The summed E-state index contributed by atoms with van der Waals surface area (Å²) in [4.78, 5) is 2.41. The molecule has 0 amide bonds. The summed E-state index contributed by atoms with van der Waals surface area (Å²) in [5.41, 5.74) is 15.5. The zero-order valence-electron chi connectivity index (χ0n) is 24.3. The van der Waals surface area contributed by atoms with Gasteiger partial charge in [0.2, 0.25) is 6.71 Å². The van der Waals surface area contributed by atoms with Crippen molar-refractivity contribution >= 4 is 40.2 Å². The Morgan fingerprint density at radius 1 is 0.465 bits per heavy atom. The molecule has 0 atom stereocenters. The third-order valence-corrected chi connectivity index (χ3v) is 9.14. The van der Waals surface area contributed by atoms with Crippen LogP contribution < -0.4 is 30.8 Å². The summed E-state index contributed by atoms with van der Waals surface area (Å²) in [5.74, 6) is 3.37. The Bertz CT molecular complexity index is 1980. The molecule has 3 nitrogen and oxygen atoms in total. The maximum absolute atomic E-state index is 6.75. The minimum Gasteiger partial charge on any atom is -0.453 e. The molecule has 0 fully saturated rings. The van der Waals surface area contributed by atoms with Crippen molar-refractivity contribution in [1.82, 2.24) is 0 Å². The molecule has 3 aliphatic rings. The van der Waals surface area contributed by atoms with E-state index in [0.717, 1.165) is 51.2 Å². The lowest BCUT2D eigenvalue weighted by Gasteiger charge is -2.45. The Kier molecular flexibility index (Phi) is 5.04. The highest BCUT2D eigenvalue weighted by molar-refractivity contribution is 6.98. The average Bonchev–Trinajstić information content (AvgIpc) is 3.02. The highest BCUT2D eigenvalue weighted by Crippen LogP contribution is 2.60. The SMILES string of the molecule is Cc1cc(C)c(B2c3cc(-c4ccccc4)cc4c3N3c5c(cccc5Oc5cc(-c6ccccc6)cc2c53)O4)c(C)c1. The average molecular weight is 553 g/mol. The van der Waals surface area contributed by atoms with Crippen molar-refractivity contribution in [3.05, 3.63) is 132 Å². The number of para-hydroxylation sites is 1. The number of hydrogen-bond donors (Lipinski definition) is 0. The van der Waals surface area contributed by atoms with E-state index in [-0.39, 0.29) is 6.71 Å². The van der Waals surface area contributed by atoms with Crippen molar-refractivity contribution in [1.29, 1.82) is 0 Å². The van der Waals surface area contributed by atoms with Gasteiger partial charge in [-0.2, -0.15) is 0 Å². The number of nitrogens with zero attached hydrogens (tertiary/aromatic N) is 1. The van der Waals surface area contributed by atoms with Crippen LogP contribution in [0.2, 0.25) is 0 Å². The molecule has 0 N–H and O–H groups in total. The molecule has 6 aromatic carbocycles. The highest BCUT2D eigenvalue weighted by atomic mass is 16.5. The predicted molar refractivity (Wildman–Crippen MR) is 177 cm³/mol. The number of anilines is 3. The Morgan fingerprint density at radius 2 is 0.953 bits per heavy atom. The first-order valence-electron chi connectivity index (χ1n) is 14.9. The van der Waals surface area contributed by atoms with Gasteiger partial charge in [0.05, 0.1) is 11.4 Å². The predicted octanol–water partition coefficient (Wildman–Crippen LogP) is 8.46. The smallest absolute Gasteiger partial charge is 0.247 e. The first-order valence-corrected chi connectivity index (χ1v) is 14.9. The van der Waals surface area contributed by atoms with Crippen molar-refractivity contribution in [2.45, 2.75) is 20.8 Å². The van der Waals surface area contributed by atoms with Gasteiger partial charge in [0.1, 0.15) is 5.69 Å². The molecule has 3 heterocycles. The summed E-state index contributed by atoms with van der Waals surface area (Å²) in [5, 5.41) is 0. The molecule has 0 radical (unpaired) electrons. The van der Waals surface area contributed by atoms with Gasteiger partial charge in [-0.1, -0.05) is 113 Å². The van der Waals surface area contributed by atoms with E-state index in [4.69, 9.17) is 9.47 Å². The summed E-state index contributed by atoms with van der Waals surface area (Å²) in [7, 11) is 0. The lowest BCUT2D eigenvalue weighted by atomic mass is 9.33. The standard InChI is InChI=1S/C39H28BNO2/c1-23-17-24(2)36(25(3)18-23)40-30-19-28(26-11-6-4-7-12-26)21-34-37(30)41-38-31(40)20-29(27-13-8-5-9-14-27)22-35(38)43-33-16-10-15-32(42-34)39(33)41/h4-22H,1-3H3. The molecular formula is C39H28BNO2. The number of ether oxygens (including phenoxy) is 2. The van der Waals surface area contributed by atoms with Crippen LogP contribution in [0.15, 0.2) is 115 Å². The van der Waals surface area contributed by atoms with Crippen LogP contribution in [-0.2, 0) is 0 Å². The summed E-state index contributed by atoms with van der Waals surface area (Å²) >= 11 is 0. The lowest BCUT2D eigenvalue weighted by Crippen LogP contribution is -2.59. The fourth-order valence-electron chi connectivity index (χ4n) is 7.51. The zero-order chi connectivity index (χ0) is 28.8. The van der Waals surface area contributed by atoms with Crippen molar-refractivity contribution in [2.24, 2.45) is 0 Å². The lowest BCUT2D eigenvalue weighted by molar-refractivity contribution is 0.446.